The van der Waals surface area contributed by atoms with Gasteiger partial charge in [-0.3, -0.25) is 9.59 Å². The highest BCUT2D eigenvalue weighted by atomic mass is 19.1. The van der Waals surface area contributed by atoms with Crippen molar-refractivity contribution in [3.63, 3.8) is 0 Å². The number of carbonyl (C=O) groups is 1. The van der Waals surface area contributed by atoms with Crippen LogP contribution in [-0.4, -0.2) is 10.5 Å². The zero-order valence-electron chi connectivity index (χ0n) is 12.9. The third-order valence-corrected chi connectivity index (χ3v) is 4.35. The molecule has 4 rings (SSSR count). The van der Waals surface area contributed by atoms with Crippen molar-refractivity contribution in [1.82, 2.24) is 4.57 Å². The fraction of sp³-hybridized carbons (Fsp3) is 0.158. The minimum absolute atomic E-state index is 0.0748. The molecule has 1 aliphatic rings. The second kappa shape index (κ2) is 5.60. The number of nitrogens with zero attached hydrogens (tertiary/aromatic N) is 1. The molecule has 0 aliphatic carbocycles. The molecule has 4 nitrogen and oxygen atoms in total. The van der Waals surface area contributed by atoms with Crippen molar-refractivity contribution >= 4 is 22.5 Å². The Morgan fingerprint density at radius 3 is 2.83 bits per heavy atom. The first-order valence-electron chi connectivity index (χ1n) is 7.85. The lowest BCUT2D eigenvalue weighted by atomic mass is 10.00. The minimum Gasteiger partial charge on any atom is -0.346 e. The van der Waals surface area contributed by atoms with Gasteiger partial charge in [-0.05, 0) is 42.7 Å². The lowest BCUT2D eigenvalue weighted by Gasteiger charge is -2.20. The van der Waals surface area contributed by atoms with Gasteiger partial charge in [-0.15, -0.1) is 0 Å². The molecule has 1 N–H and O–H groups in total. The molecular weight excluding hydrogens is 307 g/mol. The number of para-hydroxylation sites is 1. The van der Waals surface area contributed by atoms with Crippen LogP contribution in [-0.2, 0) is 13.0 Å². The summed E-state index contributed by atoms with van der Waals surface area (Å²) in [5.74, 6) is -0.963. The quantitative estimate of drug-likeness (QED) is 0.787. The molecule has 1 aromatic heterocycles. The predicted octanol–water partition coefficient (Wildman–Crippen LogP) is 3.34. The molecule has 5 heteroatoms. The summed E-state index contributed by atoms with van der Waals surface area (Å²) in [7, 11) is 0. The zero-order valence-corrected chi connectivity index (χ0v) is 12.9. The standard InChI is InChI=1S/C19H15FN2O2/c20-13-6-2-7-14(10-13)21-19(24)16-11-22-9-3-5-12-4-1-8-15(17(12)22)18(16)23/h1-2,4,6-8,10-11H,3,5,9H2,(H,21,24). The van der Waals surface area contributed by atoms with Crippen LogP contribution in [0, 0.1) is 5.82 Å². The van der Waals surface area contributed by atoms with E-state index in [0.717, 1.165) is 30.5 Å². The molecule has 0 saturated heterocycles. The fourth-order valence-electron chi connectivity index (χ4n) is 3.28. The van der Waals surface area contributed by atoms with E-state index in [1.165, 1.54) is 18.2 Å². The van der Waals surface area contributed by atoms with Crippen LogP contribution in [0.3, 0.4) is 0 Å². The Bertz CT molecular complexity index is 1020. The lowest BCUT2D eigenvalue weighted by molar-refractivity contribution is 0.102. The molecule has 0 spiro atoms. The molecule has 0 unspecified atom stereocenters. The highest BCUT2D eigenvalue weighted by Gasteiger charge is 2.19. The maximum atomic E-state index is 13.3. The Balaban J connectivity index is 1.81. The van der Waals surface area contributed by atoms with Crippen LogP contribution < -0.4 is 10.7 Å². The number of nitrogens with one attached hydrogen (secondary N) is 1. The molecule has 3 aromatic rings. The first-order valence-corrected chi connectivity index (χ1v) is 7.85. The molecule has 2 heterocycles. The first kappa shape index (κ1) is 14.6. The van der Waals surface area contributed by atoms with Crippen LogP contribution >= 0.6 is 0 Å². The summed E-state index contributed by atoms with van der Waals surface area (Å²) >= 11 is 0. The Morgan fingerprint density at radius 2 is 2.00 bits per heavy atom. The molecular formula is C19H15FN2O2. The second-order valence-electron chi connectivity index (χ2n) is 5.95. The van der Waals surface area contributed by atoms with E-state index in [4.69, 9.17) is 0 Å². The van der Waals surface area contributed by atoms with Gasteiger partial charge in [0.15, 0.2) is 0 Å². The van der Waals surface area contributed by atoms with E-state index in [9.17, 15) is 14.0 Å². The zero-order chi connectivity index (χ0) is 16.7. The van der Waals surface area contributed by atoms with Crippen molar-refractivity contribution in [3.05, 3.63) is 75.8 Å². The predicted molar refractivity (Wildman–Crippen MR) is 90.9 cm³/mol. The number of hydrogen-bond acceptors (Lipinski definition) is 2. The normalized spacial score (nSPS) is 13.0. The van der Waals surface area contributed by atoms with E-state index in [1.54, 1.807) is 18.3 Å². The van der Waals surface area contributed by atoms with Gasteiger partial charge in [-0.1, -0.05) is 18.2 Å². The molecule has 24 heavy (non-hydrogen) atoms. The van der Waals surface area contributed by atoms with Gasteiger partial charge in [-0.25, -0.2) is 4.39 Å². The monoisotopic (exact) mass is 322 g/mol. The minimum atomic E-state index is -0.521. The van der Waals surface area contributed by atoms with Crippen molar-refractivity contribution in [2.24, 2.45) is 0 Å². The van der Waals surface area contributed by atoms with Gasteiger partial charge in [0.1, 0.15) is 11.4 Å². The Hall–Kier alpha value is -2.95. The molecule has 2 aromatic carbocycles. The molecule has 0 fully saturated rings. The Kier molecular flexibility index (Phi) is 3.41. The van der Waals surface area contributed by atoms with Crippen molar-refractivity contribution in [3.8, 4) is 0 Å². The smallest absolute Gasteiger partial charge is 0.261 e. The highest BCUT2D eigenvalue weighted by molar-refractivity contribution is 6.06. The van der Waals surface area contributed by atoms with E-state index < -0.39 is 11.7 Å². The second-order valence-corrected chi connectivity index (χ2v) is 5.95. The summed E-state index contributed by atoms with van der Waals surface area (Å²) in [6, 6.07) is 11.2. The van der Waals surface area contributed by atoms with Crippen molar-refractivity contribution in [2.45, 2.75) is 19.4 Å². The van der Waals surface area contributed by atoms with Crippen LogP contribution in [0.15, 0.2) is 53.5 Å². The van der Waals surface area contributed by atoms with Gasteiger partial charge in [0.25, 0.3) is 5.91 Å². The van der Waals surface area contributed by atoms with E-state index in [0.29, 0.717) is 11.1 Å². The average Bonchev–Trinajstić information content (AvgIpc) is 2.58. The van der Waals surface area contributed by atoms with Gasteiger partial charge < -0.3 is 9.88 Å². The molecule has 1 amide bonds. The SMILES string of the molecule is O=C(Nc1cccc(F)c1)c1cn2c3c(cccc3c1=O)CCC2. The van der Waals surface area contributed by atoms with Crippen molar-refractivity contribution in [1.29, 1.82) is 0 Å². The third kappa shape index (κ3) is 2.38. The summed E-state index contributed by atoms with van der Waals surface area (Å²) in [5, 5.41) is 3.15. The van der Waals surface area contributed by atoms with Crippen LogP contribution in [0.25, 0.3) is 10.9 Å². The molecule has 0 saturated carbocycles. The van der Waals surface area contributed by atoms with Crippen LogP contribution in [0.2, 0.25) is 0 Å². The summed E-state index contributed by atoms with van der Waals surface area (Å²) in [5.41, 5.74) is 2.15. The lowest BCUT2D eigenvalue weighted by Crippen LogP contribution is -2.25. The first-order chi connectivity index (χ1) is 11.6. The van der Waals surface area contributed by atoms with E-state index in [2.05, 4.69) is 5.32 Å². The number of aromatic nitrogens is 1. The van der Waals surface area contributed by atoms with Gasteiger partial charge >= 0.3 is 0 Å². The number of halogens is 1. The molecule has 0 radical (unpaired) electrons. The topological polar surface area (TPSA) is 51.1 Å². The van der Waals surface area contributed by atoms with Crippen molar-refractivity contribution < 1.29 is 9.18 Å². The average molecular weight is 322 g/mol. The molecule has 1 aliphatic heterocycles. The van der Waals surface area contributed by atoms with Crippen LogP contribution in [0.5, 0.6) is 0 Å². The number of hydrogen-bond donors (Lipinski definition) is 1. The summed E-state index contributed by atoms with van der Waals surface area (Å²) in [6.45, 7) is 0.772. The van der Waals surface area contributed by atoms with Crippen molar-refractivity contribution in [2.75, 3.05) is 5.32 Å². The van der Waals surface area contributed by atoms with E-state index in [-0.39, 0.29) is 11.0 Å². The van der Waals surface area contributed by atoms with E-state index >= 15 is 0 Å². The van der Waals surface area contributed by atoms with Gasteiger partial charge in [0.2, 0.25) is 5.43 Å². The number of amides is 1. The van der Waals surface area contributed by atoms with Gasteiger partial charge in [0.05, 0.1) is 5.52 Å². The summed E-state index contributed by atoms with van der Waals surface area (Å²) in [6.07, 6.45) is 3.52. The maximum Gasteiger partial charge on any atom is 0.261 e. The fourth-order valence-corrected chi connectivity index (χ4v) is 3.28. The largest absolute Gasteiger partial charge is 0.346 e. The van der Waals surface area contributed by atoms with E-state index in [1.807, 2.05) is 16.7 Å². The number of pyridine rings is 1. The van der Waals surface area contributed by atoms with Crippen LogP contribution in [0.1, 0.15) is 22.3 Å². The Morgan fingerprint density at radius 1 is 1.17 bits per heavy atom. The highest BCUT2D eigenvalue weighted by Crippen LogP contribution is 2.23. The van der Waals surface area contributed by atoms with Gasteiger partial charge in [-0.2, -0.15) is 0 Å². The number of anilines is 1. The number of benzene rings is 2. The third-order valence-electron chi connectivity index (χ3n) is 4.35. The Labute approximate surface area is 137 Å². The summed E-state index contributed by atoms with van der Waals surface area (Å²) < 4.78 is 15.2. The maximum absolute atomic E-state index is 13.3. The molecule has 0 atom stereocenters. The number of aryl methyl sites for hydroxylation is 2. The number of rotatable bonds is 2. The van der Waals surface area contributed by atoms with Crippen LogP contribution in [0.4, 0.5) is 10.1 Å². The molecule has 0 bridgehead atoms. The van der Waals surface area contributed by atoms with Gasteiger partial charge in [0, 0.05) is 23.8 Å². The number of carbonyl (C=O) groups excluding carboxylic acids is 1. The summed E-state index contributed by atoms with van der Waals surface area (Å²) in [4.78, 5) is 25.2. The molecule has 120 valence electrons.